The van der Waals surface area contributed by atoms with E-state index in [9.17, 15) is 19.2 Å². The topological polar surface area (TPSA) is 149 Å². The fraction of sp³-hybridized carbons (Fsp3) is 0.296. The minimum absolute atomic E-state index is 0.0208. The van der Waals surface area contributed by atoms with E-state index in [1.807, 2.05) is 32.1 Å². The van der Waals surface area contributed by atoms with Crippen LogP contribution >= 0.6 is 0 Å². The van der Waals surface area contributed by atoms with Gasteiger partial charge in [-0.15, -0.1) is 0 Å². The number of rotatable bonds is 10. The zero-order valence-electron chi connectivity index (χ0n) is 21.8. The van der Waals surface area contributed by atoms with E-state index in [0.29, 0.717) is 0 Å². The lowest BCUT2D eigenvalue weighted by molar-refractivity contribution is -0.123. The van der Waals surface area contributed by atoms with Crippen molar-refractivity contribution in [1.82, 2.24) is 24.8 Å². The monoisotopic (exact) mass is 520 g/mol. The number of H-pyrrole nitrogens is 1. The van der Waals surface area contributed by atoms with Gasteiger partial charge in [0.2, 0.25) is 11.8 Å². The summed E-state index contributed by atoms with van der Waals surface area (Å²) < 4.78 is 1.44. The van der Waals surface area contributed by atoms with Crippen LogP contribution in [0.25, 0.3) is 17.1 Å². The van der Waals surface area contributed by atoms with E-state index in [2.05, 4.69) is 20.6 Å². The SMILES string of the molecule is CC(C)=Cc1ccnc2cc(Cn3cccc(NC(=O)C(CC/C=C/C(=O)N(C)C)NC(=O)O)c3=O)[nH]c12. The Balaban J connectivity index is 1.76. The van der Waals surface area contributed by atoms with E-state index >= 15 is 0 Å². The van der Waals surface area contributed by atoms with Crippen LogP contribution in [0, 0.1) is 0 Å². The predicted octanol–water partition coefficient (Wildman–Crippen LogP) is 3.20. The maximum atomic E-state index is 13.1. The molecule has 1 unspecified atom stereocenters. The number of hydrogen-bond acceptors (Lipinski definition) is 5. The van der Waals surface area contributed by atoms with E-state index in [1.165, 1.54) is 21.6 Å². The van der Waals surface area contributed by atoms with E-state index in [-0.39, 0.29) is 31.0 Å². The quantitative estimate of drug-likeness (QED) is 0.302. The number of carbonyl (C=O) groups is 3. The van der Waals surface area contributed by atoms with Crippen LogP contribution in [-0.2, 0) is 16.1 Å². The molecule has 3 amide bonds. The number of hydrogen-bond donors (Lipinski definition) is 4. The van der Waals surface area contributed by atoms with Gasteiger partial charge in [0.15, 0.2) is 0 Å². The molecule has 0 aliphatic rings. The van der Waals surface area contributed by atoms with Crippen LogP contribution in [0.5, 0.6) is 0 Å². The van der Waals surface area contributed by atoms with Crippen molar-refractivity contribution in [3.8, 4) is 0 Å². The first kappa shape index (κ1) is 27.9. The molecule has 0 radical (unpaired) electrons. The van der Waals surface area contributed by atoms with Gasteiger partial charge in [-0.05, 0) is 57.0 Å². The second kappa shape index (κ2) is 12.5. The van der Waals surface area contributed by atoms with E-state index < -0.39 is 23.6 Å². The van der Waals surface area contributed by atoms with Gasteiger partial charge in [0.05, 0.1) is 17.6 Å². The lowest BCUT2D eigenvalue weighted by Gasteiger charge is -2.16. The molecule has 0 aliphatic heterocycles. The van der Waals surface area contributed by atoms with Gasteiger partial charge in [0, 0.05) is 37.7 Å². The van der Waals surface area contributed by atoms with Crippen molar-refractivity contribution in [1.29, 1.82) is 0 Å². The number of aromatic nitrogens is 3. The molecule has 3 aromatic heterocycles. The number of allylic oxidation sites excluding steroid dienone is 2. The lowest BCUT2D eigenvalue weighted by atomic mass is 10.1. The summed E-state index contributed by atoms with van der Waals surface area (Å²) in [5.74, 6) is -0.892. The summed E-state index contributed by atoms with van der Waals surface area (Å²) in [6, 6.07) is 5.76. The number of carboxylic acid groups (broad SMARTS) is 1. The number of aromatic amines is 1. The van der Waals surface area contributed by atoms with Crippen LogP contribution < -0.4 is 16.2 Å². The fourth-order valence-electron chi connectivity index (χ4n) is 3.79. The third-order valence-electron chi connectivity index (χ3n) is 5.61. The number of nitrogens with zero attached hydrogens (tertiary/aromatic N) is 3. The van der Waals surface area contributed by atoms with Crippen LogP contribution in [0.4, 0.5) is 10.5 Å². The molecule has 11 nitrogen and oxygen atoms in total. The van der Waals surface area contributed by atoms with Crippen molar-refractivity contribution < 1.29 is 19.5 Å². The maximum Gasteiger partial charge on any atom is 0.405 e. The molecule has 1 atom stereocenters. The van der Waals surface area contributed by atoms with Gasteiger partial charge in [0.1, 0.15) is 11.7 Å². The molecule has 0 saturated carbocycles. The van der Waals surface area contributed by atoms with Crippen molar-refractivity contribution in [2.24, 2.45) is 0 Å². The van der Waals surface area contributed by atoms with Gasteiger partial charge in [-0.1, -0.05) is 17.7 Å². The Morgan fingerprint density at radius 1 is 1.24 bits per heavy atom. The molecule has 0 saturated heterocycles. The Morgan fingerprint density at radius 3 is 2.68 bits per heavy atom. The van der Waals surface area contributed by atoms with Gasteiger partial charge in [-0.3, -0.25) is 19.4 Å². The van der Waals surface area contributed by atoms with Crippen LogP contribution in [0.2, 0.25) is 0 Å². The molecular formula is C27H32N6O5. The Hall–Kier alpha value is -4.67. The highest BCUT2D eigenvalue weighted by Crippen LogP contribution is 2.20. The minimum atomic E-state index is -1.37. The highest BCUT2D eigenvalue weighted by molar-refractivity contribution is 5.96. The lowest BCUT2D eigenvalue weighted by Crippen LogP contribution is -2.44. The predicted molar refractivity (Wildman–Crippen MR) is 146 cm³/mol. The van der Waals surface area contributed by atoms with Gasteiger partial charge in [0.25, 0.3) is 5.56 Å². The van der Waals surface area contributed by atoms with E-state index in [0.717, 1.165) is 27.9 Å². The molecule has 0 fully saturated rings. The molecule has 4 N–H and O–H groups in total. The third-order valence-corrected chi connectivity index (χ3v) is 5.61. The number of anilines is 1. The van der Waals surface area contributed by atoms with E-state index in [4.69, 9.17) is 5.11 Å². The molecule has 200 valence electrons. The Morgan fingerprint density at radius 2 is 2.00 bits per heavy atom. The fourth-order valence-corrected chi connectivity index (χ4v) is 3.79. The van der Waals surface area contributed by atoms with Gasteiger partial charge < -0.3 is 30.2 Å². The summed E-state index contributed by atoms with van der Waals surface area (Å²) >= 11 is 0. The molecule has 38 heavy (non-hydrogen) atoms. The normalized spacial score (nSPS) is 11.8. The molecule has 3 aromatic rings. The number of pyridine rings is 2. The van der Waals surface area contributed by atoms with Crippen molar-refractivity contribution in [3.63, 3.8) is 0 Å². The zero-order valence-corrected chi connectivity index (χ0v) is 21.8. The summed E-state index contributed by atoms with van der Waals surface area (Å²) in [4.78, 5) is 57.9. The van der Waals surface area contributed by atoms with Crippen LogP contribution in [0.1, 0.15) is 37.9 Å². The number of likely N-dealkylation sites (N-methyl/N-ethyl adjacent to an activating group) is 1. The first-order valence-corrected chi connectivity index (χ1v) is 12.0. The molecule has 3 heterocycles. The van der Waals surface area contributed by atoms with Crippen molar-refractivity contribution in [2.75, 3.05) is 19.4 Å². The zero-order chi connectivity index (χ0) is 27.8. The largest absolute Gasteiger partial charge is 0.465 e. The number of nitrogens with one attached hydrogen (secondary N) is 3. The number of amides is 3. The molecule has 0 spiro atoms. The van der Waals surface area contributed by atoms with Crippen LogP contribution in [-0.4, -0.2) is 62.6 Å². The number of fused-ring (bicyclic) bond motifs is 1. The van der Waals surface area contributed by atoms with E-state index in [1.54, 1.807) is 38.6 Å². The molecule has 3 rings (SSSR count). The van der Waals surface area contributed by atoms with Gasteiger partial charge >= 0.3 is 6.09 Å². The highest BCUT2D eigenvalue weighted by atomic mass is 16.4. The molecule has 0 bridgehead atoms. The second-order valence-electron chi connectivity index (χ2n) is 9.24. The average molecular weight is 521 g/mol. The van der Waals surface area contributed by atoms with Crippen molar-refractivity contribution in [2.45, 2.75) is 39.3 Å². The first-order chi connectivity index (χ1) is 18.0. The highest BCUT2D eigenvalue weighted by Gasteiger charge is 2.21. The smallest absolute Gasteiger partial charge is 0.405 e. The second-order valence-corrected chi connectivity index (χ2v) is 9.24. The number of carbonyl (C=O) groups excluding carboxylic acids is 2. The molecule has 0 aliphatic carbocycles. The first-order valence-electron chi connectivity index (χ1n) is 12.0. The Labute approximate surface area is 219 Å². The molecule has 11 heteroatoms. The van der Waals surface area contributed by atoms with Gasteiger partial charge in [-0.25, -0.2) is 4.79 Å². The Kier molecular flexibility index (Phi) is 9.20. The summed E-state index contributed by atoms with van der Waals surface area (Å²) in [5.41, 5.74) is 4.11. The summed E-state index contributed by atoms with van der Waals surface area (Å²) in [5, 5.41) is 13.9. The minimum Gasteiger partial charge on any atom is -0.465 e. The maximum absolute atomic E-state index is 13.1. The molecule has 0 aromatic carbocycles. The average Bonchev–Trinajstić information content (AvgIpc) is 3.26. The Bertz CT molecular complexity index is 1450. The molecular weight excluding hydrogens is 488 g/mol. The van der Waals surface area contributed by atoms with Crippen molar-refractivity contribution in [3.05, 3.63) is 76.0 Å². The van der Waals surface area contributed by atoms with Gasteiger partial charge in [-0.2, -0.15) is 0 Å². The van der Waals surface area contributed by atoms with Crippen LogP contribution in [0.3, 0.4) is 0 Å². The third kappa shape index (κ3) is 7.42. The summed E-state index contributed by atoms with van der Waals surface area (Å²) in [6.07, 6.45) is 7.32. The van der Waals surface area contributed by atoms with Crippen LogP contribution in [0.15, 0.2) is 59.2 Å². The standard InChI is InChI=1S/C27H32N6O5/c1-17(2)14-18-11-12-28-22-15-19(29-24(18)22)16-33-13-7-9-21(26(33)36)30-25(35)20(31-27(37)38)8-5-6-10-23(34)32(3)4/h6-7,9-15,20,29,31H,5,8,16H2,1-4H3,(H,30,35)(H,37,38)/b10-6+. The van der Waals surface area contributed by atoms with Crippen molar-refractivity contribution >= 4 is 40.7 Å². The summed E-state index contributed by atoms with van der Waals surface area (Å²) in [7, 11) is 3.22. The summed E-state index contributed by atoms with van der Waals surface area (Å²) in [6.45, 7) is 4.23.